The van der Waals surface area contributed by atoms with Crippen LogP contribution in [0.25, 0.3) is 11.1 Å². The number of hydrogen-bond donors (Lipinski definition) is 4. The van der Waals surface area contributed by atoms with Crippen LogP contribution in [0.3, 0.4) is 0 Å². The number of fused-ring (bicyclic) bond motifs is 3. The molecule has 1 aliphatic carbocycles. The fourth-order valence-electron chi connectivity index (χ4n) is 3.77. The van der Waals surface area contributed by atoms with E-state index in [1.165, 1.54) is 0 Å². The number of carboxylic acid groups (broad SMARTS) is 1. The number of amides is 2. The number of carboxylic acids is 1. The molecule has 4 N–H and O–H groups in total. The van der Waals surface area contributed by atoms with E-state index in [0.717, 1.165) is 22.3 Å². The summed E-state index contributed by atoms with van der Waals surface area (Å²) >= 11 is 0. The number of aliphatic hydroxyl groups excluding tert-OH is 1. The number of carbonyl (C=O) groups excluding carboxylic acids is 2. The Morgan fingerprint density at radius 3 is 2.12 bits per heavy atom. The molecule has 8 nitrogen and oxygen atoms in total. The highest BCUT2D eigenvalue weighted by Crippen LogP contribution is 2.44. The Morgan fingerprint density at radius 2 is 1.59 bits per heavy atom. The van der Waals surface area contributed by atoms with Crippen LogP contribution in [0.1, 0.15) is 37.3 Å². The first-order chi connectivity index (χ1) is 15.3. The predicted molar refractivity (Wildman–Crippen MR) is 118 cm³/mol. The quantitative estimate of drug-likeness (QED) is 0.475. The lowest BCUT2D eigenvalue weighted by atomic mass is 9.86. The molecular weight excluding hydrogens is 412 g/mol. The van der Waals surface area contributed by atoms with E-state index in [1.807, 2.05) is 36.4 Å². The number of carbonyl (C=O) groups is 3. The molecule has 170 valence electrons. The van der Waals surface area contributed by atoms with Crippen LogP contribution < -0.4 is 10.6 Å². The fourth-order valence-corrected chi connectivity index (χ4v) is 3.77. The Balaban J connectivity index is 1.57. The maximum atomic E-state index is 12.5. The highest BCUT2D eigenvalue weighted by molar-refractivity contribution is 5.84. The van der Waals surface area contributed by atoms with E-state index in [2.05, 4.69) is 22.8 Å². The average molecular weight is 440 g/mol. The summed E-state index contributed by atoms with van der Waals surface area (Å²) in [5.41, 5.74) is 3.50. The van der Waals surface area contributed by atoms with Crippen molar-refractivity contribution in [3.05, 3.63) is 59.7 Å². The first kappa shape index (κ1) is 23.3. The topological polar surface area (TPSA) is 125 Å². The zero-order valence-electron chi connectivity index (χ0n) is 18.1. The first-order valence-corrected chi connectivity index (χ1v) is 10.5. The number of alkyl carbamates (subject to hydrolysis) is 1. The lowest BCUT2D eigenvalue weighted by Crippen LogP contribution is -2.49. The lowest BCUT2D eigenvalue weighted by Gasteiger charge is -2.27. The molecule has 0 aliphatic heterocycles. The van der Waals surface area contributed by atoms with Crippen LogP contribution in [0.2, 0.25) is 0 Å². The zero-order chi connectivity index (χ0) is 23.3. The van der Waals surface area contributed by atoms with Crippen molar-refractivity contribution >= 4 is 18.0 Å². The first-order valence-electron chi connectivity index (χ1n) is 10.5. The molecule has 2 unspecified atom stereocenters. The van der Waals surface area contributed by atoms with Gasteiger partial charge in [0.05, 0.1) is 12.0 Å². The van der Waals surface area contributed by atoms with Crippen LogP contribution in [0.5, 0.6) is 0 Å². The van der Waals surface area contributed by atoms with Crippen molar-refractivity contribution in [1.82, 2.24) is 10.6 Å². The van der Waals surface area contributed by atoms with Crippen molar-refractivity contribution in [2.75, 3.05) is 19.7 Å². The van der Waals surface area contributed by atoms with Gasteiger partial charge in [-0.25, -0.2) is 9.59 Å². The number of benzene rings is 2. The molecule has 2 atom stereocenters. The second-order valence-electron chi connectivity index (χ2n) is 8.16. The van der Waals surface area contributed by atoms with Crippen LogP contribution in [0.4, 0.5) is 4.79 Å². The predicted octanol–water partition coefficient (Wildman–Crippen LogP) is 2.50. The number of aliphatic hydroxyl groups is 1. The third kappa shape index (κ3) is 4.91. The van der Waals surface area contributed by atoms with Gasteiger partial charge < -0.3 is 25.6 Å². The van der Waals surface area contributed by atoms with E-state index in [-0.39, 0.29) is 19.1 Å². The van der Waals surface area contributed by atoms with E-state index in [0.29, 0.717) is 6.42 Å². The number of ether oxygens (including phenoxy) is 1. The van der Waals surface area contributed by atoms with Gasteiger partial charge in [0.2, 0.25) is 5.91 Å². The van der Waals surface area contributed by atoms with E-state index in [1.54, 1.807) is 13.8 Å². The highest BCUT2D eigenvalue weighted by Gasteiger charge is 2.33. The second kappa shape index (κ2) is 9.82. The third-order valence-corrected chi connectivity index (χ3v) is 6.04. The molecule has 0 radical (unpaired) electrons. The van der Waals surface area contributed by atoms with Gasteiger partial charge in [0, 0.05) is 12.5 Å². The summed E-state index contributed by atoms with van der Waals surface area (Å²) in [7, 11) is 0. The molecule has 0 fully saturated rings. The van der Waals surface area contributed by atoms with Crippen LogP contribution >= 0.6 is 0 Å². The number of nitrogens with one attached hydrogen (secondary N) is 2. The Kier molecular flexibility index (Phi) is 7.15. The largest absolute Gasteiger partial charge is 0.479 e. The van der Waals surface area contributed by atoms with E-state index in [4.69, 9.17) is 9.84 Å². The van der Waals surface area contributed by atoms with Gasteiger partial charge in [0.15, 0.2) is 6.10 Å². The number of hydrogen-bond acceptors (Lipinski definition) is 5. The SMILES string of the molecule is CCC(C)(CNC(=O)OCC1c2ccccc2-c2ccccc21)C(=O)NCC(O)C(=O)O. The summed E-state index contributed by atoms with van der Waals surface area (Å²) in [5, 5.41) is 23.1. The molecule has 3 rings (SSSR count). The van der Waals surface area contributed by atoms with Gasteiger partial charge >= 0.3 is 12.1 Å². The maximum Gasteiger partial charge on any atom is 0.407 e. The van der Waals surface area contributed by atoms with Crippen molar-refractivity contribution in [1.29, 1.82) is 0 Å². The number of rotatable bonds is 9. The maximum absolute atomic E-state index is 12.5. The Hall–Kier alpha value is -3.39. The highest BCUT2D eigenvalue weighted by atomic mass is 16.5. The molecule has 8 heteroatoms. The molecule has 2 aromatic carbocycles. The van der Waals surface area contributed by atoms with Crippen molar-refractivity contribution in [3.63, 3.8) is 0 Å². The second-order valence-corrected chi connectivity index (χ2v) is 8.16. The summed E-state index contributed by atoms with van der Waals surface area (Å²) in [4.78, 5) is 35.6. The van der Waals surface area contributed by atoms with E-state index >= 15 is 0 Å². The molecule has 0 heterocycles. The summed E-state index contributed by atoms with van der Waals surface area (Å²) in [6.07, 6.45) is -1.92. The van der Waals surface area contributed by atoms with Crippen LogP contribution in [-0.4, -0.2) is 54.0 Å². The van der Waals surface area contributed by atoms with Crippen LogP contribution in [0.15, 0.2) is 48.5 Å². The van der Waals surface area contributed by atoms with Gasteiger partial charge in [0.25, 0.3) is 0 Å². The van der Waals surface area contributed by atoms with Crippen molar-refractivity contribution < 1.29 is 29.3 Å². The minimum atomic E-state index is -1.69. The van der Waals surface area contributed by atoms with Crippen molar-refractivity contribution in [3.8, 4) is 11.1 Å². The Labute approximate surface area is 186 Å². The lowest BCUT2D eigenvalue weighted by molar-refractivity contribution is -0.146. The fraction of sp³-hybridized carbons (Fsp3) is 0.375. The standard InChI is InChI=1S/C24H28N2O6/c1-3-24(2,22(30)25-12-20(27)21(28)29)14-26-23(31)32-13-19-17-10-6-4-8-15(17)16-9-5-7-11-18(16)19/h4-11,19-20,27H,3,12-14H2,1-2H3,(H,25,30)(H,26,31)(H,28,29). The zero-order valence-corrected chi connectivity index (χ0v) is 18.1. The summed E-state index contributed by atoms with van der Waals surface area (Å²) in [6, 6.07) is 16.1. The van der Waals surface area contributed by atoms with Gasteiger partial charge in [-0.3, -0.25) is 4.79 Å². The molecule has 0 bridgehead atoms. The van der Waals surface area contributed by atoms with Gasteiger partial charge in [-0.1, -0.05) is 55.5 Å². The summed E-state index contributed by atoms with van der Waals surface area (Å²) < 4.78 is 5.49. The minimum absolute atomic E-state index is 0.00910. The molecule has 0 saturated carbocycles. The molecule has 0 aromatic heterocycles. The minimum Gasteiger partial charge on any atom is -0.479 e. The smallest absolute Gasteiger partial charge is 0.407 e. The van der Waals surface area contributed by atoms with E-state index < -0.39 is 36.0 Å². The third-order valence-electron chi connectivity index (χ3n) is 6.04. The van der Waals surface area contributed by atoms with E-state index in [9.17, 15) is 19.5 Å². The summed E-state index contributed by atoms with van der Waals surface area (Å²) in [6.45, 7) is 3.20. The summed E-state index contributed by atoms with van der Waals surface area (Å²) in [5.74, 6) is -1.94. The van der Waals surface area contributed by atoms with Gasteiger partial charge in [-0.2, -0.15) is 0 Å². The molecule has 32 heavy (non-hydrogen) atoms. The molecule has 2 amide bonds. The molecule has 2 aromatic rings. The molecular formula is C24H28N2O6. The molecule has 0 spiro atoms. The van der Waals surface area contributed by atoms with Gasteiger partial charge in [-0.05, 0) is 35.6 Å². The van der Waals surface area contributed by atoms with Gasteiger partial charge in [-0.15, -0.1) is 0 Å². The molecule has 1 aliphatic rings. The van der Waals surface area contributed by atoms with Crippen molar-refractivity contribution in [2.24, 2.45) is 5.41 Å². The number of aliphatic carboxylic acids is 1. The van der Waals surface area contributed by atoms with Crippen LogP contribution in [0, 0.1) is 5.41 Å². The monoisotopic (exact) mass is 440 g/mol. The average Bonchev–Trinajstić information content (AvgIpc) is 3.13. The Morgan fingerprint density at radius 1 is 1.03 bits per heavy atom. The van der Waals surface area contributed by atoms with Gasteiger partial charge in [0.1, 0.15) is 6.61 Å². The molecule has 0 saturated heterocycles. The van der Waals surface area contributed by atoms with Crippen molar-refractivity contribution in [2.45, 2.75) is 32.3 Å². The van der Waals surface area contributed by atoms with Crippen LogP contribution in [-0.2, 0) is 14.3 Å². The Bertz CT molecular complexity index is 962. The normalized spacial score (nSPS) is 15.1.